The van der Waals surface area contributed by atoms with Crippen LogP contribution in [0.3, 0.4) is 0 Å². The van der Waals surface area contributed by atoms with Crippen molar-refractivity contribution in [3.8, 4) is 0 Å². The second-order valence-corrected chi connectivity index (χ2v) is 2.06. The van der Waals surface area contributed by atoms with Gasteiger partial charge in [0.15, 0.2) is 18.7 Å². The first-order valence-corrected chi connectivity index (χ1v) is 3.95. The smallest absolute Gasteiger partial charge is 0.314 e. The van der Waals surface area contributed by atoms with Gasteiger partial charge in [0.25, 0.3) is 0 Å². The van der Waals surface area contributed by atoms with Crippen LogP contribution in [0.5, 0.6) is 0 Å². The van der Waals surface area contributed by atoms with Crippen LogP contribution in [0.2, 0.25) is 0 Å². The Labute approximate surface area is 77.8 Å². The molecule has 0 unspecified atom stereocenters. The van der Waals surface area contributed by atoms with E-state index in [0.717, 1.165) is 0 Å². The number of halogens is 1. The number of methoxy groups -OCH3 is 1. The SMILES string of the molecule is COC(C=O)C=O.O=C(O)CBr. The lowest BCUT2D eigenvalue weighted by Crippen LogP contribution is -2.12. The highest BCUT2D eigenvalue weighted by Crippen LogP contribution is 1.74. The molecule has 0 saturated carbocycles. The van der Waals surface area contributed by atoms with Crippen LogP contribution in [-0.2, 0) is 19.1 Å². The lowest BCUT2D eigenvalue weighted by molar-refractivity contribution is -0.133. The van der Waals surface area contributed by atoms with Crippen molar-refractivity contribution >= 4 is 34.5 Å². The van der Waals surface area contributed by atoms with Crippen molar-refractivity contribution in [1.29, 1.82) is 0 Å². The zero-order chi connectivity index (χ0) is 9.98. The fraction of sp³-hybridized carbons (Fsp3) is 0.500. The molecule has 70 valence electrons. The van der Waals surface area contributed by atoms with Crippen LogP contribution in [0.25, 0.3) is 0 Å². The van der Waals surface area contributed by atoms with Gasteiger partial charge in [0.1, 0.15) is 5.33 Å². The number of aldehydes is 2. The number of carboxylic acid groups (broad SMARTS) is 1. The maximum atomic E-state index is 9.61. The van der Waals surface area contributed by atoms with Gasteiger partial charge < -0.3 is 9.84 Å². The fourth-order valence-corrected chi connectivity index (χ4v) is 0.143. The molecule has 0 aromatic rings. The quantitative estimate of drug-likeness (QED) is 0.421. The fourth-order valence-electron chi connectivity index (χ4n) is 0.143. The Kier molecular flexibility index (Phi) is 11.8. The molecule has 0 spiro atoms. The van der Waals surface area contributed by atoms with E-state index in [0.29, 0.717) is 12.6 Å². The summed E-state index contributed by atoms with van der Waals surface area (Å²) in [5, 5.41) is 7.71. The average Bonchev–Trinajstić information content (AvgIpc) is 2.09. The summed E-state index contributed by atoms with van der Waals surface area (Å²) in [6.07, 6.45) is -0.000000000000000222. The van der Waals surface area contributed by atoms with Gasteiger partial charge in [-0.05, 0) is 0 Å². The minimum atomic E-state index is -0.875. The zero-order valence-electron chi connectivity index (χ0n) is 6.40. The minimum absolute atomic E-state index is 0.0347. The number of hydrogen-bond donors (Lipinski definition) is 1. The largest absolute Gasteiger partial charge is 0.481 e. The molecule has 0 aliphatic heterocycles. The standard InChI is InChI=1S/C4H6O3.C2H3BrO2/c1-7-4(2-5)3-6;3-1-2(4)5/h2-4H,1H3;1H2,(H,4,5). The predicted molar refractivity (Wildman–Crippen MR) is 44.4 cm³/mol. The zero-order valence-corrected chi connectivity index (χ0v) is 7.98. The van der Waals surface area contributed by atoms with Gasteiger partial charge in [-0.15, -0.1) is 0 Å². The number of carbonyl (C=O) groups excluding carboxylic acids is 2. The first-order valence-electron chi connectivity index (χ1n) is 2.83. The van der Waals surface area contributed by atoms with E-state index in [1.165, 1.54) is 7.11 Å². The summed E-state index contributed by atoms with van der Waals surface area (Å²) >= 11 is 2.71. The third-order valence-corrected chi connectivity index (χ3v) is 1.13. The van der Waals surface area contributed by atoms with Crippen molar-refractivity contribution in [2.24, 2.45) is 0 Å². The molecule has 0 rings (SSSR count). The maximum Gasteiger partial charge on any atom is 0.314 e. The number of alkyl halides is 1. The van der Waals surface area contributed by atoms with E-state index < -0.39 is 12.1 Å². The molecule has 0 saturated heterocycles. The number of ether oxygens (including phenoxy) is 1. The van der Waals surface area contributed by atoms with E-state index in [1.54, 1.807) is 0 Å². The molecular formula is C6H9BrO5. The average molecular weight is 241 g/mol. The Hall–Kier alpha value is -0.750. The Bertz CT molecular complexity index is 139. The van der Waals surface area contributed by atoms with E-state index in [4.69, 9.17) is 5.11 Å². The van der Waals surface area contributed by atoms with E-state index in [2.05, 4.69) is 20.7 Å². The molecule has 0 atom stereocenters. The number of rotatable bonds is 4. The molecule has 0 aliphatic carbocycles. The predicted octanol–water partition coefficient (Wildman–Crippen LogP) is -0.135. The van der Waals surface area contributed by atoms with Crippen molar-refractivity contribution < 1.29 is 24.2 Å². The molecule has 6 heteroatoms. The summed E-state index contributed by atoms with van der Waals surface area (Å²) in [4.78, 5) is 28.5. The van der Waals surface area contributed by atoms with Crippen molar-refractivity contribution in [2.75, 3.05) is 12.4 Å². The van der Waals surface area contributed by atoms with Crippen LogP contribution in [-0.4, -0.2) is 42.2 Å². The molecule has 12 heavy (non-hydrogen) atoms. The summed E-state index contributed by atoms with van der Waals surface area (Å²) in [6.45, 7) is 0. The second-order valence-electron chi connectivity index (χ2n) is 1.50. The van der Waals surface area contributed by atoms with Crippen molar-refractivity contribution in [2.45, 2.75) is 6.10 Å². The van der Waals surface area contributed by atoms with E-state index >= 15 is 0 Å². The van der Waals surface area contributed by atoms with Gasteiger partial charge in [0.05, 0.1) is 0 Å². The normalized spacial score (nSPS) is 8.25. The third-order valence-electron chi connectivity index (χ3n) is 0.655. The molecule has 0 fully saturated rings. The van der Waals surface area contributed by atoms with Crippen molar-refractivity contribution in [3.63, 3.8) is 0 Å². The minimum Gasteiger partial charge on any atom is -0.481 e. The second kappa shape index (κ2) is 10.2. The van der Waals surface area contributed by atoms with Crippen LogP contribution in [0.15, 0.2) is 0 Å². The monoisotopic (exact) mass is 240 g/mol. The van der Waals surface area contributed by atoms with Crippen LogP contribution in [0.4, 0.5) is 0 Å². The van der Waals surface area contributed by atoms with E-state index in [-0.39, 0.29) is 5.33 Å². The highest BCUT2D eigenvalue weighted by atomic mass is 79.9. The Morgan fingerprint density at radius 2 is 1.92 bits per heavy atom. The molecule has 0 aliphatic rings. The number of carbonyl (C=O) groups is 3. The summed E-state index contributed by atoms with van der Waals surface area (Å²) in [5.41, 5.74) is 0. The molecular weight excluding hydrogens is 232 g/mol. The Morgan fingerprint density at radius 1 is 1.58 bits per heavy atom. The molecule has 5 nitrogen and oxygen atoms in total. The van der Waals surface area contributed by atoms with Crippen molar-refractivity contribution in [1.82, 2.24) is 0 Å². The van der Waals surface area contributed by atoms with Crippen LogP contribution < -0.4 is 0 Å². The van der Waals surface area contributed by atoms with Gasteiger partial charge in [-0.1, -0.05) is 15.9 Å². The molecule has 0 aromatic heterocycles. The van der Waals surface area contributed by atoms with Gasteiger partial charge in [0, 0.05) is 7.11 Å². The van der Waals surface area contributed by atoms with Gasteiger partial charge in [-0.2, -0.15) is 0 Å². The van der Waals surface area contributed by atoms with Crippen LogP contribution >= 0.6 is 15.9 Å². The number of hydrogen-bond acceptors (Lipinski definition) is 4. The summed E-state index contributed by atoms with van der Waals surface area (Å²) in [5.74, 6) is -0.829. The third kappa shape index (κ3) is 12.0. The summed E-state index contributed by atoms with van der Waals surface area (Å²) < 4.78 is 4.31. The molecule has 1 N–H and O–H groups in total. The van der Waals surface area contributed by atoms with Gasteiger partial charge in [-0.25, -0.2) is 0 Å². The summed E-state index contributed by atoms with van der Waals surface area (Å²) in [7, 11) is 1.30. The molecule has 0 heterocycles. The van der Waals surface area contributed by atoms with Gasteiger partial charge >= 0.3 is 5.97 Å². The molecule has 0 radical (unpaired) electrons. The highest BCUT2D eigenvalue weighted by molar-refractivity contribution is 9.09. The number of carboxylic acids is 1. The Morgan fingerprint density at radius 3 is 1.92 bits per heavy atom. The summed E-state index contributed by atoms with van der Waals surface area (Å²) in [6, 6.07) is 0. The first kappa shape index (κ1) is 13.8. The topological polar surface area (TPSA) is 80.7 Å². The Balaban J connectivity index is 0. The first-order chi connectivity index (χ1) is 5.62. The lowest BCUT2D eigenvalue weighted by atomic mass is 10.4. The lowest BCUT2D eigenvalue weighted by Gasteiger charge is -1.92. The van der Waals surface area contributed by atoms with Crippen molar-refractivity contribution in [3.05, 3.63) is 0 Å². The van der Waals surface area contributed by atoms with Gasteiger partial charge in [0.2, 0.25) is 0 Å². The van der Waals surface area contributed by atoms with E-state index in [9.17, 15) is 14.4 Å². The highest BCUT2D eigenvalue weighted by Gasteiger charge is 1.97. The molecule has 0 aromatic carbocycles. The molecule has 0 amide bonds. The molecule has 0 bridgehead atoms. The number of aliphatic carboxylic acids is 1. The van der Waals surface area contributed by atoms with Gasteiger partial charge in [-0.3, -0.25) is 14.4 Å². The van der Waals surface area contributed by atoms with E-state index in [1.807, 2.05) is 0 Å². The van der Waals surface area contributed by atoms with Crippen LogP contribution in [0, 0.1) is 0 Å². The maximum absolute atomic E-state index is 9.61. The van der Waals surface area contributed by atoms with Crippen LogP contribution in [0.1, 0.15) is 0 Å².